The zero-order valence-corrected chi connectivity index (χ0v) is 10.8. The average Bonchev–Trinajstić information content (AvgIpc) is 2.34. The van der Waals surface area contributed by atoms with Crippen LogP contribution in [0.25, 0.3) is 0 Å². The van der Waals surface area contributed by atoms with Crippen LogP contribution in [0, 0.1) is 0 Å². The van der Waals surface area contributed by atoms with Gasteiger partial charge in [-0.05, 0) is 36.8 Å². The predicted molar refractivity (Wildman–Crippen MR) is 68.2 cm³/mol. The zero-order valence-electron chi connectivity index (χ0n) is 10.8. The summed E-state index contributed by atoms with van der Waals surface area (Å²) in [7, 11) is 1.62. The number of carbonyl (C=O) groups excluding carboxylic acids is 1. The Morgan fingerprint density at radius 2 is 2.18 bits per heavy atom. The molecule has 0 bridgehead atoms. The third kappa shape index (κ3) is 2.14. The van der Waals surface area contributed by atoms with E-state index in [1.807, 2.05) is 19.9 Å². The van der Waals surface area contributed by atoms with E-state index in [0.29, 0.717) is 12.3 Å². The van der Waals surface area contributed by atoms with Crippen LogP contribution in [0.4, 0.5) is 0 Å². The molecule has 0 spiro atoms. The molecule has 2 atom stereocenters. The summed E-state index contributed by atoms with van der Waals surface area (Å²) < 4.78 is 5.36. The van der Waals surface area contributed by atoms with Crippen LogP contribution in [-0.4, -0.2) is 18.5 Å². The van der Waals surface area contributed by atoms with Crippen molar-refractivity contribution in [2.45, 2.75) is 44.6 Å². The van der Waals surface area contributed by atoms with Crippen molar-refractivity contribution in [2.75, 3.05) is 7.11 Å². The van der Waals surface area contributed by atoms with Crippen molar-refractivity contribution < 1.29 is 9.53 Å². The second kappa shape index (κ2) is 4.61. The third-order valence-corrected chi connectivity index (χ3v) is 4.11. The van der Waals surface area contributed by atoms with E-state index in [1.165, 1.54) is 11.1 Å². The number of methoxy groups -OCH3 is 1. The number of hydrogen-bond acceptors (Lipinski definition) is 2. The Morgan fingerprint density at radius 1 is 1.47 bits per heavy atom. The highest BCUT2D eigenvalue weighted by Gasteiger charge is 2.35. The summed E-state index contributed by atoms with van der Waals surface area (Å²) in [5.41, 5.74) is 2.13. The number of Topliss-reactive ketones (excluding diaryl/α,β-unsaturated/α-hetero) is 1. The fourth-order valence-corrected chi connectivity index (χ4v) is 2.44. The van der Waals surface area contributed by atoms with Gasteiger partial charge in [0.05, 0.1) is 0 Å². The largest absolute Gasteiger partial charge is 0.371 e. The molecule has 17 heavy (non-hydrogen) atoms. The highest BCUT2D eigenvalue weighted by molar-refractivity contribution is 5.88. The molecular formula is C15H20O2. The lowest BCUT2D eigenvalue weighted by atomic mass is 9.73. The topological polar surface area (TPSA) is 26.3 Å². The van der Waals surface area contributed by atoms with E-state index >= 15 is 0 Å². The Kier molecular flexibility index (Phi) is 3.34. The molecule has 1 aliphatic rings. The van der Waals surface area contributed by atoms with Crippen molar-refractivity contribution in [2.24, 2.45) is 0 Å². The molecule has 0 amide bonds. The van der Waals surface area contributed by atoms with Crippen molar-refractivity contribution >= 4 is 5.78 Å². The van der Waals surface area contributed by atoms with Crippen LogP contribution in [0.5, 0.6) is 0 Å². The number of rotatable bonds is 5. The first-order valence-electron chi connectivity index (χ1n) is 6.27. The molecule has 2 unspecified atom stereocenters. The van der Waals surface area contributed by atoms with Gasteiger partial charge in [-0.25, -0.2) is 0 Å². The maximum absolute atomic E-state index is 12.2. The van der Waals surface area contributed by atoms with Crippen molar-refractivity contribution in [3.05, 3.63) is 35.4 Å². The van der Waals surface area contributed by atoms with E-state index in [4.69, 9.17) is 4.74 Å². The summed E-state index contributed by atoms with van der Waals surface area (Å²) in [5, 5.41) is 0. The predicted octanol–water partition coefficient (Wildman–Crippen LogP) is 3.10. The smallest absolute Gasteiger partial charge is 0.164 e. The van der Waals surface area contributed by atoms with E-state index in [9.17, 15) is 4.79 Å². The van der Waals surface area contributed by atoms with Gasteiger partial charge in [0.25, 0.3) is 0 Å². The van der Waals surface area contributed by atoms with Crippen LogP contribution in [-0.2, 0) is 16.0 Å². The second-order valence-electron chi connectivity index (χ2n) is 5.02. The van der Waals surface area contributed by atoms with Gasteiger partial charge in [-0.3, -0.25) is 4.79 Å². The van der Waals surface area contributed by atoms with E-state index in [2.05, 4.69) is 18.2 Å². The Balaban J connectivity index is 2.03. The molecule has 0 heterocycles. The van der Waals surface area contributed by atoms with Gasteiger partial charge in [-0.1, -0.05) is 31.2 Å². The monoisotopic (exact) mass is 232 g/mol. The molecule has 2 rings (SSSR count). The SMILES string of the molecule is CCC(C)(OC)C(=O)CC1Cc2ccccc21. The summed E-state index contributed by atoms with van der Waals surface area (Å²) in [5.74, 6) is 0.627. The lowest BCUT2D eigenvalue weighted by Crippen LogP contribution is -2.38. The quantitative estimate of drug-likeness (QED) is 0.779. The number of benzene rings is 1. The van der Waals surface area contributed by atoms with Crippen LogP contribution in [0.15, 0.2) is 24.3 Å². The van der Waals surface area contributed by atoms with Gasteiger partial charge in [0.2, 0.25) is 0 Å². The molecule has 0 radical (unpaired) electrons. The lowest BCUT2D eigenvalue weighted by molar-refractivity contribution is -0.140. The van der Waals surface area contributed by atoms with E-state index in [1.54, 1.807) is 7.11 Å². The molecule has 1 aliphatic carbocycles. The zero-order chi connectivity index (χ0) is 12.5. The maximum atomic E-state index is 12.2. The molecule has 92 valence electrons. The first kappa shape index (κ1) is 12.3. The fraction of sp³-hybridized carbons (Fsp3) is 0.533. The first-order chi connectivity index (χ1) is 8.10. The number of ether oxygens (including phenoxy) is 1. The van der Waals surface area contributed by atoms with Crippen LogP contribution in [0.1, 0.15) is 43.7 Å². The Labute approximate surface area is 103 Å². The van der Waals surface area contributed by atoms with Gasteiger partial charge >= 0.3 is 0 Å². The number of carbonyl (C=O) groups is 1. The molecule has 1 aromatic carbocycles. The Morgan fingerprint density at radius 3 is 2.76 bits per heavy atom. The van der Waals surface area contributed by atoms with Gasteiger partial charge in [-0.15, -0.1) is 0 Å². The normalized spacial score (nSPS) is 21.2. The minimum Gasteiger partial charge on any atom is -0.371 e. The van der Waals surface area contributed by atoms with E-state index in [0.717, 1.165) is 12.8 Å². The molecule has 1 aromatic rings. The molecular weight excluding hydrogens is 212 g/mol. The van der Waals surface area contributed by atoms with Crippen LogP contribution in [0.3, 0.4) is 0 Å². The molecule has 2 nitrogen and oxygen atoms in total. The molecule has 0 saturated heterocycles. The van der Waals surface area contributed by atoms with Crippen LogP contribution < -0.4 is 0 Å². The number of fused-ring (bicyclic) bond motifs is 1. The van der Waals surface area contributed by atoms with Gasteiger partial charge in [0.15, 0.2) is 5.78 Å². The summed E-state index contributed by atoms with van der Waals surface area (Å²) >= 11 is 0. The molecule has 0 N–H and O–H groups in total. The molecule has 0 saturated carbocycles. The standard InChI is InChI=1S/C15H20O2/c1-4-15(2,17-3)14(16)10-12-9-11-7-5-6-8-13(11)12/h5-8,12H,4,9-10H2,1-3H3. The third-order valence-electron chi connectivity index (χ3n) is 4.11. The van der Waals surface area contributed by atoms with E-state index < -0.39 is 5.60 Å². The van der Waals surface area contributed by atoms with Crippen molar-refractivity contribution in [3.8, 4) is 0 Å². The fourth-order valence-electron chi connectivity index (χ4n) is 2.44. The minimum absolute atomic E-state index is 0.224. The summed E-state index contributed by atoms with van der Waals surface area (Å²) in [4.78, 5) is 12.2. The molecule has 0 fully saturated rings. The molecule has 0 aliphatic heterocycles. The van der Waals surface area contributed by atoms with Crippen LogP contribution in [0.2, 0.25) is 0 Å². The Hall–Kier alpha value is -1.15. The van der Waals surface area contributed by atoms with Gasteiger partial charge < -0.3 is 4.74 Å². The summed E-state index contributed by atoms with van der Waals surface area (Å²) in [6.45, 7) is 3.88. The first-order valence-corrected chi connectivity index (χ1v) is 6.27. The average molecular weight is 232 g/mol. The highest BCUT2D eigenvalue weighted by Crippen LogP contribution is 2.38. The summed E-state index contributed by atoms with van der Waals surface area (Å²) in [6.07, 6.45) is 2.37. The van der Waals surface area contributed by atoms with Crippen LogP contribution >= 0.6 is 0 Å². The van der Waals surface area contributed by atoms with Gasteiger partial charge in [0, 0.05) is 13.5 Å². The second-order valence-corrected chi connectivity index (χ2v) is 5.02. The van der Waals surface area contributed by atoms with E-state index in [-0.39, 0.29) is 5.78 Å². The highest BCUT2D eigenvalue weighted by atomic mass is 16.5. The Bertz CT molecular complexity index is 419. The van der Waals surface area contributed by atoms with Crippen molar-refractivity contribution in [1.82, 2.24) is 0 Å². The molecule has 2 heteroatoms. The number of hydrogen-bond donors (Lipinski definition) is 0. The van der Waals surface area contributed by atoms with Gasteiger partial charge in [-0.2, -0.15) is 0 Å². The summed E-state index contributed by atoms with van der Waals surface area (Å²) in [6, 6.07) is 8.38. The maximum Gasteiger partial charge on any atom is 0.164 e. The van der Waals surface area contributed by atoms with Gasteiger partial charge in [0.1, 0.15) is 5.60 Å². The minimum atomic E-state index is -0.607. The lowest BCUT2D eigenvalue weighted by Gasteiger charge is -2.33. The number of ketones is 1. The van der Waals surface area contributed by atoms with Crippen molar-refractivity contribution in [1.29, 1.82) is 0 Å². The molecule has 0 aromatic heterocycles. The van der Waals surface area contributed by atoms with Crippen molar-refractivity contribution in [3.63, 3.8) is 0 Å².